The second kappa shape index (κ2) is 4.97. The fourth-order valence-electron chi connectivity index (χ4n) is 2.54. The highest BCUT2D eigenvalue weighted by atomic mass is 31.0. The molecule has 0 fully saturated rings. The smallest absolute Gasteiger partial charge is 0.0954 e. The molecule has 15 heavy (non-hydrogen) atoms. The van der Waals surface area contributed by atoms with E-state index in [9.17, 15) is 0 Å². The molecule has 0 heterocycles. The molecule has 0 aliphatic rings. The number of allylic oxidation sites excluding steroid dienone is 1. The van der Waals surface area contributed by atoms with Crippen LogP contribution in [0, 0.1) is 10.8 Å². The highest BCUT2D eigenvalue weighted by Crippen LogP contribution is 2.47. The molecule has 0 aromatic rings. The summed E-state index contributed by atoms with van der Waals surface area (Å²) in [5, 5.41) is 0. The van der Waals surface area contributed by atoms with Gasteiger partial charge in [-0.05, 0) is 17.0 Å². The number of methoxy groups -OCH3 is 1. The van der Waals surface area contributed by atoms with Crippen molar-refractivity contribution in [3.63, 3.8) is 0 Å². The highest BCUT2D eigenvalue weighted by molar-refractivity contribution is 7.16. The van der Waals surface area contributed by atoms with Crippen molar-refractivity contribution >= 4 is 9.24 Å². The number of ether oxygens (including phenoxy) is 1. The molecular weight excluding hydrogens is 203 g/mol. The average molecular weight is 230 g/mol. The molecule has 0 amide bonds. The molecule has 1 atom stereocenters. The predicted molar refractivity (Wildman–Crippen MR) is 72.4 cm³/mol. The zero-order valence-electron chi connectivity index (χ0n) is 11.3. The van der Waals surface area contributed by atoms with Crippen molar-refractivity contribution in [1.29, 1.82) is 0 Å². The summed E-state index contributed by atoms with van der Waals surface area (Å²) in [6.45, 7) is 13.4. The van der Waals surface area contributed by atoms with Gasteiger partial charge >= 0.3 is 0 Å². The van der Waals surface area contributed by atoms with Crippen molar-refractivity contribution < 1.29 is 4.74 Å². The van der Waals surface area contributed by atoms with Crippen LogP contribution in [-0.4, -0.2) is 18.9 Å². The van der Waals surface area contributed by atoms with E-state index in [1.165, 1.54) is 0 Å². The molecule has 0 aromatic carbocycles. The maximum atomic E-state index is 5.87. The van der Waals surface area contributed by atoms with Gasteiger partial charge in [0.2, 0.25) is 0 Å². The molecule has 0 spiro atoms. The SMILES string of the molecule is COC(C=CCP)(C(C)(C)C)C(C)(C)C. The van der Waals surface area contributed by atoms with Gasteiger partial charge in [-0.25, -0.2) is 0 Å². The molecule has 0 N–H and O–H groups in total. The minimum atomic E-state index is -0.226. The molecule has 0 rings (SSSR count). The van der Waals surface area contributed by atoms with E-state index >= 15 is 0 Å². The molecule has 1 unspecified atom stereocenters. The lowest BCUT2D eigenvalue weighted by molar-refractivity contribution is -0.124. The Balaban J connectivity index is 5.43. The average Bonchev–Trinajstić information content (AvgIpc) is 2.01. The summed E-state index contributed by atoms with van der Waals surface area (Å²) in [5.41, 5.74) is -0.0662. The van der Waals surface area contributed by atoms with Crippen LogP contribution in [0.3, 0.4) is 0 Å². The van der Waals surface area contributed by atoms with Gasteiger partial charge < -0.3 is 4.74 Å². The molecule has 2 heteroatoms. The Kier molecular flexibility index (Phi) is 5.02. The Morgan fingerprint density at radius 3 is 1.60 bits per heavy atom. The molecule has 0 saturated heterocycles. The molecule has 90 valence electrons. The minimum Gasteiger partial charge on any atom is -0.373 e. The molecule has 0 aliphatic carbocycles. The molecular formula is C13H27OP. The first-order valence-electron chi connectivity index (χ1n) is 5.55. The molecule has 0 saturated carbocycles. The maximum Gasteiger partial charge on any atom is 0.0954 e. The first-order chi connectivity index (χ1) is 6.62. The fraction of sp³-hybridized carbons (Fsp3) is 0.846. The third-order valence-electron chi connectivity index (χ3n) is 3.04. The first-order valence-corrected chi connectivity index (χ1v) is 6.37. The topological polar surface area (TPSA) is 9.23 Å². The van der Waals surface area contributed by atoms with Gasteiger partial charge in [0, 0.05) is 7.11 Å². The van der Waals surface area contributed by atoms with E-state index in [4.69, 9.17) is 4.74 Å². The van der Waals surface area contributed by atoms with Crippen molar-refractivity contribution in [1.82, 2.24) is 0 Å². The Bertz CT molecular complexity index is 204. The van der Waals surface area contributed by atoms with Crippen LogP contribution in [0.4, 0.5) is 0 Å². The lowest BCUT2D eigenvalue weighted by Gasteiger charge is -2.50. The van der Waals surface area contributed by atoms with Crippen molar-refractivity contribution in [2.24, 2.45) is 10.8 Å². The van der Waals surface area contributed by atoms with Gasteiger partial charge in [-0.1, -0.05) is 53.7 Å². The lowest BCUT2D eigenvalue weighted by atomic mass is 9.62. The van der Waals surface area contributed by atoms with Gasteiger partial charge in [-0.2, -0.15) is 0 Å². The highest BCUT2D eigenvalue weighted by Gasteiger charge is 2.49. The van der Waals surface area contributed by atoms with E-state index in [1.54, 1.807) is 0 Å². The van der Waals surface area contributed by atoms with Gasteiger partial charge in [-0.3, -0.25) is 0 Å². The van der Waals surface area contributed by atoms with E-state index in [-0.39, 0.29) is 16.4 Å². The number of hydrogen-bond donors (Lipinski definition) is 0. The maximum absolute atomic E-state index is 5.87. The van der Waals surface area contributed by atoms with E-state index in [2.05, 4.69) is 62.9 Å². The minimum absolute atomic E-state index is 0.0797. The normalized spacial score (nSPS) is 14.9. The Labute approximate surface area is 97.9 Å². The van der Waals surface area contributed by atoms with Crippen LogP contribution in [0.2, 0.25) is 0 Å². The number of hydrogen-bond acceptors (Lipinski definition) is 1. The fourth-order valence-corrected chi connectivity index (χ4v) is 2.68. The van der Waals surface area contributed by atoms with E-state index in [0.29, 0.717) is 0 Å². The van der Waals surface area contributed by atoms with E-state index < -0.39 is 0 Å². The third kappa shape index (κ3) is 3.04. The van der Waals surface area contributed by atoms with Crippen LogP contribution in [0.25, 0.3) is 0 Å². The monoisotopic (exact) mass is 230 g/mol. The largest absolute Gasteiger partial charge is 0.373 e. The summed E-state index contributed by atoms with van der Waals surface area (Å²) < 4.78 is 5.87. The summed E-state index contributed by atoms with van der Waals surface area (Å²) in [5.74, 6) is 0. The molecule has 1 nitrogen and oxygen atoms in total. The Morgan fingerprint density at radius 1 is 1.00 bits per heavy atom. The second-order valence-corrected chi connectivity index (χ2v) is 6.55. The van der Waals surface area contributed by atoms with Gasteiger partial charge in [-0.15, -0.1) is 9.24 Å². The van der Waals surface area contributed by atoms with Crippen molar-refractivity contribution in [3.8, 4) is 0 Å². The van der Waals surface area contributed by atoms with Crippen LogP contribution in [0.1, 0.15) is 41.5 Å². The third-order valence-corrected chi connectivity index (χ3v) is 3.31. The Hall–Kier alpha value is 0.130. The van der Waals surface area contributed by atoms with Gasteiger partial charge in [0.1, 0.15) is 0 Å². The Morgan fingerprint density at radius 2 is 1.40 bits per heavy atom. The summed E-state index contributed by atoms with van der Waals surface area (Å²) >= 11 is 0. The van der Waals surface area contributed by atoms with Crippen LogP contribution < -0.4 is 0 Å². The predicted octanol–water partition coefficient (Wildman–Crippen LogP) is 3.90. The zero-order chi connectivity index (χ0) is 12.3. The van der Waals surface area contributed by atoms with Crippen molar-refractivity contribution in [2.45, 2.75) is 47.1 Å². The summed E-state index contributed by atoms with van der Waals surface area (Å²) in [6.07, 6.45) is 5.36. The number of rotatable bonds is 3. The quantitative estimate of drug-likeness (QED) is 0.528. The summed E-state index contributed by atoms with van der Waals surface area (Å²) in [6, 6.07) is 0. The molecule has 0 bridgehead atoms. The van der Waals surface area contributed by atoms with Crippen LogP contribution >= 0.6 is 9.24 Å². The second-order valence-electron chi connectivity index (χ2n) is 6.08. The standard InChI is InChI=1S/C13H27OP/c1-11(2,3)13(14-7,9-8-10-15)12(4,5)6/h8-9H,10,15H2,1-7H3. The van der Waals surface area contributed by atoms with Crippen LogP contribution in [-0.2, 0) is 4.74 Å². The van der Waals surface area contributed by atoms with Crippen molar-refractivity contribution in [2.75, 3.05) is 13.3 Å². The van der Waals surface area contributed by atoms with Crippen molar-refractivity contribution in [3.05, 3.63) is 12.2 Å². The zero-order valence-corrected chi connectivity index (χ0v) is 12.5. The lowest BCUT2D eigenvalue weighted by Crippen LogP contribution is -2.53. The van der Waals surface area contributed by atoms with Gasteiger partial charge in [0.05, 0.1) is 5.60 Å². The van der Waals surface area contributed by atoms with Crippen LogP contribution in [0.5, 0.6) is 0 Å². The van der Waals surface area contributed by atoms with E-state index in [0.717, 1.165) is 6.16 Å². The molecule has 0 radical (unpaired) electrons. The molecule has 0 aliphatic heterocycles. The molecule has 0 aromatic heterocycles. The first kappa shape index (κ1) is 15.1. The van der Waals surface area contributed by atoms with Gasteiger partial charge in [0.25, 0.3) is 0 Å². The summed E-state index contributed by atoms with van der Waals surface area (Å²) in [7, 11) is 4.53. The van der Waals surface area contributed by atoms with Crippen LogP contribution in [0.15, 0.2) is 12.2 Å². The van der Waals surface area contributed by atoms with Gasteiger partial charge in [0.15, 0.2) is 0 Å². The van der Waals surface area contributed by atoms with E-state index in [1.807, 2.05) is 7.11 Å². The summed E-state index contributed by atoms with van der Waals surface area (Å²) in [4.78, 5) is 0.